The molecule has 1 atom stereocenters. The third kappa shape index (κ3) is 2.86. The highest BCUT2D eigenvalue weighted by molar-refractivity contribution is 5.97. The fourth-order valence-electron chi connectivity index (χ4n) is 2.85. The number of hydrogen-bond donors (Lipinski definition) is 1. The number of nitrogens with zero attached hydrogens (tertiary/aromatic N) is 1. The predicted molar refractivity (Wildman–Crippen MR) is 73.8 cm³/mol. The van der Waals surface area contributed by atoms with Crippen molar-refractivity contribution in [2.24, 2.45) is 5.92 Å². The number of aliphatic carboxylic acids is 1. The Labute approximate surface area is 118 Å². The molecule has 20 heavy (non-hydrogen) atoms. The quantitative estimate of drug-likeness (QED) is 0.919. The number of amides is 1. The Morgan fingerprint density at radius 1 is 1.30 bits per heavy atom. The number of likely N-dealkylation sites (tertiary alicyclic amines) is 1. The third-order valence-corrected chi connectivity index (χ3v) is 4.11. The van der Waals surface area contributed by atoms with Crippen molar-refractivity contribution < 1.29 is 19.1 Å². The Morgan fingerprint density at radius 2 is 2.00 bits per heavy atom. The summed E-state index contributed by atoms with van der Waals surface area (Å²) < 4.78 is 5.51. The summed E-state index contributed by atoms with van der Waals surface area (Å²) in [7, 11) is 0. The molecule has 1 aliphatic heterocycles. The second-order valence-electron chi connectivity index (χ2n) is 5.55. The molecule has 1 N–H and O–H groups in total. The molecular weight excluding hydrogens is 258 g/mol. The number of hydrogen-bond acceptors (Lipinski definition) is 3. The molecule has 1 aromatic heterocycles. The lowest BCUT2D eigenvalue weighted by molar-refractivity contribution is -0.137. The second kappa shape index (κ2) is 5.69. The van der Waals surface area contributed by atoms with Gasteiger partial charge >= 0.3 is 5.97 Å². The summed E-state index contributed by atoms with van der Waals surface area (Å²) >= 11 is 0. The van der Waals surface area contributed by atoms with E-state index in [1.165, 1.54) is 0 Å². The molecule has 1 saturated heterocycles. The van der Waals surface area contributed by atoms with Crippen LogP contribution in [0.5, 0.6) is 0 Å². The second-order valence-corrected chi connectivity index (χ2v) is 5.55. The van der Waals surface area contributed by atoms with E-state index in [0.29, 0.717) is 36.8 Å². The van der Waals surface area contributed by atoms with E-state index in [-0.39, 0.29) is 12.3 Å². The predicted octanol–water partition coefficient (Wildman–Crippen LogP) is 2.53. The highest BCUT2D eigenvalue weighted by Gasteiger charge is 2.30. The first-order valence-corrected chi connectivity index (χ1v) is 6.97. The minimum absolute atomic E-state index is 0.00896. The summed E-state index contributed by atoms with van der Waals surface area (Å²) in [5, 5.41) is 8.71. The van der Waals surface area contributed by atoms with E-state index in [0.717, 1.165) is 17.7 Å². The molecule has 0 spiro atoms. The average Bonchev–Trinajstić information content (AvgIpc) is 2.93. The van der Waals surface area contributed by atoms with E-state index < -0.39 is 5.97 Å². The van der Waals surface area contributed by atoms with Crippen molar-refractivity contribution >= 4 is 11.9 Å². The van der Waals surface area contributed by atoms with Crippen LogP contribution >= 0.6 is 0 Å². The van der Waals surface area contributed by atoms with Gasteiger partial charge in [0.2, 0.25) is 0 Å². The van der Waals surface area contributed by atoms with Gasteiger partial charge in [0, 0.05) is 25.1 Å². The lowest BCUT2D eigenvalue weighted by atomic mass is 10.0. The molecule has 0 saturated carbocycles. The molecule has 1 aromatic rings. The molecule has 1 unspecified atom stereocenters. The van der Waals surface area contributed by atoms with Crippen LogP contribution in [0.4, 0.5) is 0 Å². The van der Waals surface area contributed by atoms with E-state index in [2.05, 4.69) is 0 Å². The topological polar surface area (TPSA) is 70.8 Å². The molecule has 0 radical (unpaired) electrons. The van der Waals surface area contributed by atoms with E-state index in [9.17, 15) is 9.59 Å². The number of carbonyl (C=O) groups is 2. The minimum atomic E-state index is -0.771. The smallest absolute Gasteiger partial charge is 0.303 e. The molecule has 1 aliphatic rings. The summed E-state index contributed by atoms with van der Waals surface area (Å²) in [6.07, 6.45) is 1.70. The Kier molecular flexibility index (Phi) is 4.16. The van der Waals surface area contributed by atoms with Crippen LogP contribution in [-0.4, -0.2) is 35.0 Å². The first-order valence-electron chi connectivity index (χ1n) is 6.97. The van der Waals surface area contributed by atoms with Crippen molar-refractivity contribution in [1.29, 1.82) is 0 Å². The van der Waals surface area contributed by atoms with Crippen molar-refractivity contribution in [3.8, 4) is 0 Å². The summed E-state index contributed by atoms with van der Waals surface area (Å²) in [4.78, 5) is 24.9. The van der Waals surface area contributed by atoms with Crippen LogP contribution in [0.15, 0.2) is 4.42 Å². The van der Waals surface area contributed by atoms with Gasteiger partial charge in [-0.1, -0.05) is 0 Å². The maximum atomic E-state index is 12.5. The monoisotopic (exact) mass is 279 g/mol. The van der Waals surface area contributed by atoms with Crippen molar-refractivity contribution in [2.45, 2.75) is 40.0 Å². The van der Waals surface area contributed by atoms with Gasteiger partial charge in [0.1, 0.15) is 11.5 Å². The van der Waals surface area contributed by atoms with Crippen molar-refractivity contribution in [2.75, 3.05) is 13.1 Å². The number of carboxylic acid groups (broad SMARTS) is 1. The average molecular weight is 279 g/mol. The molecule has 1 amide bonds. The largest absolute Gasteiger partial charge is 0.481 e. The molecule has 0 aliphatic carbocycles. The standard InChI is InChI=1S/C15H21NO4/c1-9-10(2)20-11(3)14(9)15(19)16-7-6-12(8-16)4-5-13(17)18/h12H,4-8H2,1-3H3,(H,17,18). The van der Waals surface area contributed by atoms with E-state index in [1.807, 2.05) is 25.7 Å². The van der Waals surface area contributed by atoms with Gasteiger partial charge in [0.05, 0.1) is 5.56 Å². The van der Waals surface area contributed by atoms with Crippen LogP contribution in [0.3, 0.4) is 0 Å². The molecule has 0 aromatic carbocycles. The van der Waals surface area contributed by atoms with Gasteiger partial charge in [0.15, 0.2) is 0 Å². The first-order chi connectivity index (χ1) is 9.40. The Hall–Kier alpha value is -1.78. The first kappa shape index (κ1) is 14.6. The summed E-state index contributed by atoms with van der Waals surface area (Å²) in [6, 6.07) is 0. The molecule has 1 fully saturated rings. The zero-order valence-corrected chi connectivity index (χ0v) is 12.2. The van der Waals surface area contributed by atoms with Gasteiger partial charge < -0.3 is 14.4 Å². The van der Waals surface area contributed by atoms with Crippen LogP contribution < -0.4 is 0 Å². The molecule has 0 bridgehead atoms. The molecule has 5 heteroatoms. The Morgan fingerprint density at radius 3 is 2.55 bits per heavy atom. The fraction of sp³-hybridized carbons (Fsp3) is 0.600. The van der Waals surface area contributed by atoms with E-state index in [1.54, 1.807) is 0 Å². The molecule has 5 nitrogen and oxygen atoms in total. The zero-order valence-electron chi connectivity index (χ0n) is 12.2. The highest BCUT2D eigenvalue weighted by Crippen LogP contribution is 2.27. The number of aryl methyl sites for hydroxylation is 2. The summed E-state index contributed by atoms with van der Waals surface area (Å²) in [5.74, 6) is 0.983. The van der Waals surface area contributed by atoms with Gasteiger partial charge in [-0.15, -0.1) is 0 Å². The van der Waals surface area contributed by atoms with Gasteiger partial charge in [-0.2, -0.15) is 0 Å². The maximum absolute atomic E-state index is 12.5. The van der Waals surface area contributed by atoms with Crippen molar-refractivity contribution in [3.05, 3.63) is 22.6 Å². The van der Waals surface area contributed by atoms with Gasteiger partial charge in [-0.3, -0.25) is 9.59 Å². The van der Waals surface area contributed by atoms with Gasteiger partial charge in [-0.05, 0) is 39.5 Å². The highest BCUT2D eigenvalue weighted by atomic mass is 16.4. The summed E-state index contributed by atoms with van der Waals surface area (Å²) in [5.41, 5.74) is 1.57. The minimum Gasteiger partial charge on any atom is -0.481 e. The maximum Gasteiger partial charge on any atom is 0.303 e. The molecule has 110 valence electrons. The van der Waals surface area contributed by atoms with Gasteiger partial charge in [0.25, 0.3) is 5.91 Å². The third-order valence-electron chi connectivity index (χ3n) is 4.11. The van der Waals surface area contributed by atoms with Crippen molar-refractivity contribution in [1.82, 2.24) is 4.90 Å². The fourth-order valence-corrected chi connectivity index (χ4v) is 2.85. The number of carboxylic acids is 1. The normalized spacial score (nSPS) is 18.6. The van der Waals surface area contributed by atoms with Crippen LogP contribution in [0, 0.1) is 26.7 Å². The van der Waals surface area contributed by atoms with Crippen LogP contribution in [0.2, 0.25) is 0 Å². The summed E-state index contributed by atoms with van der Waals surface area (Å²) in [6.45, 7) is 6.92. The van der Waals surface area contributed by atoms with E-state index >= 15 is 0 Å². The van der Waals surface area contributed by atoms with Crippen LogP contribution in [-0.2, 0) is 4.79 Å². The number of furan rings is 1. The number of carbonyl (C=O) groups excluding carboxylic acids is 1. The molecular formula is C15H21NO4. The van der Waals surface area contributed by atoms with Gasteiger partial charge in [-0.25, -0.2) is 0 Å². The lowest BCUT2D eigenvalue weighted by Crippen LogP contribution is -2.29. The zero-order chi connectivity index (χ0) is 14.9. The number of rotatable bonds is 4. The van der Waals surface area contributed by atoms with E-state index in [4.69, 9.17) is 9.52 Å². The molecule has 2 heterocycles. The lowest BCUT2D eigenvalue weighted by Gasteiger charge is -2.16. The Balaban J connectivity index is 2.03. The van der Waals surface area contributed by atoms with Crippen LogP contribution in [0.25, 0.3) is 0 Å². The SMILES string of the molecule is Cc1oc(C)c(C(=O)N2CCC(CCC(=O)O)C2)c1C. The molecule has 2 rings (SSSR count). The van der Waals surface area contributed by atoms with Crippen LogP contribution in [0.1, 0.15) is 46.7 Å². The van der Waals surface area contributed by atoms with Crippen molar-refractivity contribution in [3.63, 3.8) is 0 Å². The Bertz CT molecular complexity index is 532.